The molecular weight excluding hydrogens is 544 g/mol. The van der Waals surface area contributed by atoms with Gasteiger partial charge in [0.1, 0.15) is 11.3 Å². The number of rotatable bonds is 11. The van der Waals surface area contributed by atoms with Gasteiger partial charge in [-0.25, -0.2) is 27.7 Å². The van der Waals surface area contributed by atoms with Crippen molar-refractivity contribution in [1.82, 2.24) is 19.6 Å². The number of hydrogen-bond acceptors (Lipinski definition) is 7. The van der Waals surface area contributed by atoms with Crippen LogP contribution in [-0.2, 0) is 27.7 Å². The van der Waals surface area contributed by atoms with E-state index in [4.69, 9.17) is 14.5 Å². The zero-order valence-electron chi connectivity index (χ0n) is 22.9. The van der Waals surface area contributed by atoms with E-state index in [2.05, 4.69) is 18.8 Å². The van der Waals surface area contributed by atoms with Crippen molar-refractivity contribution < 1.29 is 27.5 Å². The smallest absolute Gasteiger partial charge is 0.437 e. The number of imidazole rings is 1. The Morgan fingerprint density at radius 3 is 2.51 bits per heavy atom. The molecule has 0 spiro atoms. The number of amides is 2. The Hall–Kier alpha value is -4.64. The summed E-state index contributed by atoms with van der Waals surface area (Å²) in [5, 5.41) is 2.40. The molecule has 3 aromatic carbocycles. The van der Waals surface area contributed by atoms with E-state index in [1.807, 2.05) is 39.6 Å². The van der Waals surface area contributed by atoms with Crippen LogP contribution >= 0.6 is 0 Å². The standard InChI is InChI=1S/C30H32N4O6S/c1-4-6-14-27-32-24-11-9-12-25(40-30(36)39-3)28(24)34(27)20-21-15-17-22(18-16-21)23-10-7-8-13-26(23)41(37,38)33-29(35)31-19-5-2/h5,7-13,15-18H,2,4,6,14,19-20H2,1,3H3,(H2,31,33,35). The lowest BCUT2D eigenvalue weighted by molar-refractivity contribution is 0.122. The lowest BCUT2D eigenvalue weighted by Gasteiger charge is -2.14. The normalized spacial score (nSPS) is 11.2. The predicted molar refractivity (Wildman–Crippen MR) is 156 cm³/mol. The van der Waals surface area contributed by atoms with Crippen LogP contribution in [-0.4, -0.2) is 43.8 Å². The van der Waals surface area contributed by atoms with E-state index in [-0.39, 0.29) is 11.4 Å². The minimum Gasteiger partial charge on any atom is -0.437 e. The second kappa shape index (κ2) is 13.1. The maximum Gasteiger partial charge on any atom is 0.513 e. The molecular formula is C30H32N4O6S. The van der Waals surface area contributed by atoms with Gasteiger partial charge in [-0.2, -0.15) is 0 Å². The fourth-order valence-corrected chi connectivity index (χ4v) is 5.56. The van der Waals surface area contributed by atoms with Crippen LogP contribution in [0.4, 0.5) is 9.59 Å². The molecule has 0 bridgehead atoms. The largest absolute Gasteiger partial charge is 0.513 e. The van der Waals surface area contributed by atoms with Gasteiger partial charge in [0.25, 0.3) is 10.0 Å². The number of aryl methyl sites for hydroxylation is 1. The van der Waals surface area contributed by atoms with Gasteiger partial charge in [0, 0.05) is 25.1 Å². The Morgan fingerprint density at radius 1 is 1.05 bits per heavy atom. The molecule has 2 amide bonds. The van der Waals surface area contributed by atoms with Crippen molar-refractivity contribution in [2.75, 3.05) is 13.7 Å². The van der Waals surface area contributed by atoms with Crippen LogP contribution in [0, 0.1) is 0 Å². The third-order valence-electron chi connectivity index (χ3n) is 6.34. The van der Waals surface area contributed by atoms with Gasteiger partial charge in [-0.05, 0) is 35.7 Å². The molecule has 0 radical (unpaired) electrons. The van der Waals surface area contributed by atoms with E-state index in [1.165, 1.54) is 19.3 Å². The number of ether oxygens (including phenoxy) is 2. The van der Waals surface area contributed by atoms with Crippen molar-refractivity contribution in [2.45, 2.75) is 37.6 Å². The number of urea groups is 1. The van der Waals surface area contributed by atoms with Gasteiger partial charge in [0.05, 0.1) is 17.5 Å². The monoisotopic (exact) mass is 576 g/mol. The summed E-state index contributed by atoms with van der Waals surface area (Å²) in [5.74, 6) is 1.22. The first kappa shape index (κ1) is 29.3. The maximum absolute atomic E-state index is 13.0. The molecule has 0 fully saturated rings. The number of para-hydroxylation sites is 1. The molecule has 11 heteroatoms. The van der Waals surface area contributed by atoms with Crippen LogP contribution in [0.25, 0.3) is 22.2 Å². The number of nitrogens with one attached hydrogen (secondary N) is 2. The number of methoxy groups -OCH3 is 1. The van der Waals surface area contributed by atoms with Gasteiger partial charge in [0.2, 0.25) is 0 Å². The highest BCUT2D eigenvalue weighted by Crippen LogP contribution is 2.31. The first-order valence-corrected chi connectivity index (χ1v) is 14.6. The molecule has 214 valence electrons. The van der Waals surface area contributed by atoms with Crippen LogP contribution in [0.2, 0.25) is 0 Å². The number of carbonyl (C=O) groups is 2. The van der Waals surface area contributed by atoms with E-state index >= 15 is 0 Å². The quantitative estimate of drug-likeness (QED) is 0.139. The second-order valence-electron chi connectivity index (χ2n) is 9.20. The Balaban J connectivity index is 1.67. The number of aromatic nitrogens is 2. The zero-order chi connectivity index (χ0) is 29.4. The van der Waals surface area contributed by atoms with Crippen molar-refractivity contribution in [2.24, 2.45) is 0 Å². The maximum atomic E-state index is 13.0. The number of carbonyl (C=O) groups excluding carboxylic acids is 2. The van der Waals surface area contributed by atoms with E-state index in [0.717, 1.165) is 30.7 Å². The van der Waals surface area contributed by atoms with Crippen molar-refractivity contribution in [3.63, 3.8) is 0 Å². The number of unbranched alkanes of at least 4 members (excludes halogenated alkanes) is 1. The van der Waals surface area contributed by atoms with E-state index in [1.54, 1.807) is 30.3 Å². The summed E-state index contributed by atoms with van der Waals surface area (Å²) in [6, 6.07) is 18.5. The highest BCUT2D eigenvalue weighted by molar-refractivity contribution is 7.90. The van der Waals surface area contributed by atoms with E-state index in [0.29, 0.717) is 34.5 Å². The summed E-state index contributed by atoms with van der Waals surface area (Å²) >= 11 is 0. The molecule has 0 aliphatic heterocycles. The fraction of sp³-hybridized carbons (Fsp3) is 0.233. The molecule has 0 saturated carbocycles. The van der Waals surface area contributed by atoms with Gasteiger partial charge in [-0.3, -0.25) is 0 Å². The third kappa shape index (κ3) is 6.93. The van der Waals surface area contributed by atoms with Crippen LogP contribution in [0.1, 0.15) is 31.2 Å². The average molecular weight is 577 g/mol. The molecule has 4 rings (SSSR count). The molecule has 4 aromatic rings. The first-order valence-electron chi connectivity index (χ1n) is 13.1. The van der Waals surface area contributed by atoms with Gasteiger partial charge < -0.3 is 19.4 Å². The Labute approximate surface area is 239 Å². The number of benzene rings is 3. The number of fused-ring (bicyclic) bond motifs is 1. The average Bonchev–Trinajstić information content (AvgIpc) is 3.32. The van der Waals surface area contributed by atoms with Gasteiger partial charge in [-0.1, -0.05) is 68.0 Å². The minimum atomic E-state index is -4.14. The van der Waals surface area contributed by atoms with Gasteiger partial charge in [0.15, 0.2) is 5.75 Å². The van der Waals surface area contributed by atoms with Crippen molar-refractivity contribution >= 4 is 33.2 Å². The molecule has 2 N–H and O–H groups in total. The van der Waals surface area contributed by atoms with Crippen molar-refractivity contribution in [1.29, 1.82) is 0 Å². The van der Waals surface area contributed by atoms with Gasteiger partial charge >= 0.3 is 12.2 Å². The topological polar surface area (TPSA) is 129 Å². The Kier molecular flexibility index (Phi) is 9.41. The second-order valence-corrected chi connectivity index (χ2v) is 10.8. The van der Waals surface area contributed by atoms with Crippen LogP contribution in [0.15, 0.2) is 84.3 Å². The lowest BCUT2D eigenvalue weighted by Crippen LogP contribution is -2.39. The molecule has 41 heavy (non-hydrogen) atoms. The highest BCUT2D eigenvalue weighted by Gasteiger charge is 2.22. The lowest BCUT2D eigenvalue weighted by atomic mass is 10.0. The zero-order valence-corrected chi connectivity index (χ0v) is 23.7. The van der Waals surface area contributed by atoms with Crippen LogP contribution in [0.5, 0.6) is 5.75 Å². The SMILES string of the molecule is C=CCNC(=O)NS(=O)(=O)c1ccccc1-c1ccc(Cn2c(CCCC)nc3cccc(OC(=O)OC)c32)cc1. The number of nitrogens with zero attached hydrogens (tertiary/aromatic N) is 2. The van der Waals surface area contributed by atoms with Crippen LogP contribution in [0.3, 0.4) is 0 Å². The molecule has 0 unspecified atom stereocenters. The van der Waals surface area contributed by atoms with Crippen molar-refractivity contribution in [3.8, 4) is 16.9 Å². The molecule has 1 aromatic heterocycles. The fourth-order valence-electron chi connectivity index (χ4n) is 4.40. The minimum absolute atomic E-state index is 0.0199. The summed E-state index contributed by atoms with van der Waals surface area (Å²) in [4.78, 5) is 28.7. The predicted octanol–water partition coefficient (Wildman–Crippen LogP) is 5.41. The molecule has 0 aliphatic carbocycles. The highest BCUT2D eigenvalue weighted by atomic mass is 32.2. The van der Waals surface area contributed by atoms with Crippen LogP contribution < -0.4 is 14.8 Å². The van der Waals surface area contributed by atoms with Crippen molar-refractivity contribution in [3.05, 3.63) is 90.8 Å². The van der Waals surface area contributed by atoms with E-state index in [9.17, 15) is 18.0 Å². The Bertz CT molecular complexity index is 1660. The van der Waals surface area contributed by atoms with Gasteiger partial charge in [-0.15, -0.1) is 6.58 Å². The summed E-state index contributed by atoms with van der Waals surface area (Å²) in [5.41, 5.74) is 3.44. The summed E-state index contributed by atoms with van der Waals surface area (Å²) in [7, 11) is -2.88. The Morgan fingerprint density at radius 2 is 1.80 bits per heavy atom. The molecule has 0 saturated heterocycles. The summed E-state index contributed by atoms with van der Waals surface area (Å²) in [6.45, 7) is 6.19. The first-order chi connectivity index (χ1) is 19.8. The molecule has 0 aliphatic rings. The molecule has 1 heterocycles. The third-order valence-corrected chi connectivity index (χ3v) is 7.73. The number of hydrogen-bond donors (Lipinski definition) is 2. The summed E-state index contributed by atoms with van der Waals surface area (Å²) < 4.78 is 40.2. The molecule has 0 atom stereocenters. The summed E-state index contributed by atoms with van der Waals surface area (Å²) in [6.07, 6.45) is 3.33. The number of sulfonamides is 1. The molecule has 10 nitrogen and oxygen atoms in total. The van der Waals surface area contributed by atoms with E-state index < -0.39 is 22.2 Å².